The van der Waals surface area contributed by atoms with Crippen LogP contribution in [0.25, 0.3) is 0 Å². The molecule has 9 heteroatoms. The monoisotopic (exact) mass is 538 g/mol. The fraction of sp³-hybridized carbons (Fsp3) is 0.290. The predicted octanol–water partition coefficient (Wildman–Crippen LogP) is 3.50. The third-order valence-corrected chi connectivity index (χ3v) is 7.63. The Balaban J connectivity index is 1.29. The number of methoxy groups -OCH3 is 1. The lowest BCUT2D eigenvalue weighted by Crippen LogP contribution is -2.43. The maximum absolute atomic E-state index is 13.3. The van der Waals surface area contributed by atoms with Crippen LogP contribution in [0.4, 0.5) is 11.4 Å². The summed E-state index contributed by atoms with van der Waals surface area (Å²) >= 11 is 0. The highest BCUT2D eigenvalue weighted by atomic mass is 16.5. The Bertz CT molecular complexity index is 1500. The maximum atomic E-state index is 13.3. The molecule has 0 bridgehead atoms. The summed E-state index contributed by atoms with van der Waals surface area (Å²) in [4.78, 5) is 47.3. The van der Waals surface area contributed by atoms with Gasteiger partial charge >= 0.3 is 5.97 Å². The van der Waals surface area contributed by atoms with Gasteiger partial charge in [-0.15, -0.1) is 0 Å². The van der Waals surface area contributed by atoms with Gasteiger partial charge in [0, 0.05) is 31.9 Å². The summed E-state index contributed by atoms with van der Waals surface area (Å²) in [5.41, 5.74) is 6.01. The smallest absolute Gasteiger partial charge is 0.337 e. The van der Waals surface area contributed by atoms with Crippen LogP contribution in [0, 0.1) is 0 Å². The van der Waals surface area contributed by atoms with Gasteiger partial charge in [-0.25, -0.2) is 4.79 Å². The van der Waals surface area contributed by atoms with Crippen molar-refractivity contribution in [3.05, 3.63) is 94.5 Å². The maximum Gasteiger partial charge on any atom is 0.337 e. The molecule has 0 aromatic heterocycles. The van der Waals surface area contributed by atoms with E-state index < -0.39 is 11.9 Å². The van der Waals surface area contributed by atoms with E-state index in [-0.39, 0.29) is 11.8 Å². The topological polar surface area (TPSA) is 101 Å². The van der Waals surface area contributed by atoms with E-state index in [4.69, 9.17) is 14.5 Å². The van der Waals surface area contributed by atoms with E-state index in [1.165, 1.54) is 7.11 Å². The number of morpholine rings is 1. The Hall–Kier alpha value is -4.34. The summed E-state index contributed by atoms with van der Waals surface area (Å²) in [5.74, 6) is -1.21. The molecule has 3 heterocycles. The van der Waals surface area contributed by atoms with Gasteiger partial charge in [0.15, 0.2) is 0 Å². The summed E-state index contributed by atoms with van der Waals surface area (Å²) in [5, 5.41) is 2.91. The number of fused-ring (bicyclic) bond motifs is 2. The van der Waals surface area contributed by atoms with Gasteiger partial charge in [-0.2, -0.15) is 0 Å². The molecule has 0 radical (unpaired) electrons. The number of carbonyl (C=O) groups excluding carboxylic acids is 3. The molecule has 0 spiro atoms. The normalized spacial score (nSPS) is 18.7. The molecule has 3 aliphatic rings. The average Bonchev–Trinajstić information content (AvgIpc) is 3.56. The lowest BCUT2D eigenvalue weighted by molar-refractivity contribution is -0.134. The molecule has 2 amide bonds. The summed E-state index contributed by atoms with van der Waals surface area (Å²) in [6.07, 6.45) is 0. The van der Waals surface area contributed by atoms with E-state index in [9.17, 15) is 14.4 Å². The molecule has 3 aromatic rings. The largest absolute Gasteiger partial charge is 0.465 e. The van der Waals surface area contributed by atoms with Crippen molar-refractivity contribution in [2.45, 2.75) is 19.0 Å². The minimum Gasteiger partial charge on any atom is -0.465 e. The molecule has 6 rings (SSSR count). The van der Waals surface area contributed by atoms with Gasteiger partial charge < -0.3 is 19.7 Å². The molecule has 1 fully saturated rings. The standard InChI is InChI=1S/C31H30N4O5/c1-39-31(38)21-8-10-25-26(16-21)33-30(37)28(25)29(20-5-3-2-4-6-20)32-24-9-7-22-17-35(18-23(22)15-24)27(36)19-34-11-13-40-14-12-34/h2-10,15-16,28H,11-14,17-19H2,1H3,(H,33,37). The second-order valence-electron chi connectivity index (χ2n) is 10.2. The van der Waals surface area contributed by atoms with Gasteiger partial charge in [0.25, 0.3) is 0 Å². The number of hydrogen-bond acceptors (Lipinski definition) is 7. The fourth-order valence-corrected chi connectivity index (χ4v) is 5.50. The molecule has 1 saturated heterocycles. The van der Waals surface area contributed by atoms with Crippen LogP contribution in [0.1, 0.15) is 38.5 Å². The van der Waals surface area contributed by atoms with Crippen LogP contribution in [0.2, 0.25) is 0 Å². The van der Waals surface area contributed by atoms with Crippen LogP contribution in [-0.4, -0.2) is 73.3 Å². The number of amides is 2. The summed E-state index contributed by atoms with van der Waals surface area (Å²) in [6, 6.07) is 20.7. The second kappa shape index (κ2) is 11.0. The van der Waals surface area contributed by atoms with E-state index in [0.29, 0.717) is 55.5 Å². The van der Waals surface area contributed by atoms with Gasteiger partial charge in [-0.05, 0) is 46.5 Å². The number of aliphatic imine (C=N–C) groups is 1. The number of carbonyl (C=O) groups is 3. The van der Waals surface area contributed by atoms with Crippen LogP contribution in [-0.2, 0) is 32.2 Å². The number of esters is 1. The molecular weight excluding hydrogens is 508 g/mol. The van der Waals surface area contributed by atoms with Crippen molar-refractivity contribution in [1.29, 1.82) is 0 Å². The van der Waals surface area contributed by atoms with Crippen molar-refractivity contribution in [3.63, 3.8) is 0 Å². The summed E-state index contributed by atoms with van der Waals surface area (Å²) < 4.78 is 10.2. The number of nitrogens with one attached hydrogen (secondary N) is 1. The Morgan fingerprint density at radius 3 is 2.52 bits per heavy atom. The van der Waals surface area contributed by atoms with Crippen LogP contribution >= 0.6 is 0 Å². The molecule has 1 unspecified atom stereocenters. The second-order valence-corrected chi connectivity index (χ2v) is 10.2. The molecule has 9 nitrogen and oxygen atoms in total. The van der Waals surface area contributed by atoms with Crippen LogP contribution < -0.4 is 5.32 Å². The molecule has 3 aliphatic heterocycles. The highest BCUT2D eigenvalue weighted by Gasteiger charge is 2.36. The minimum absolute atomic E-state index is 0.110. The minimum atomic E-state index is -0.649. The Kier molecular flexibility index (Phi) is 7.15. The zero-order valence-corrected chi connectivity index (χ0v) is 22.3. The highest BCUT2D eigenvalue weighted by molar-refractivity contribution is 6.24. The molecule has 1 N–H and O–H groups in total. The van der Waals surface area contributed by atoms with Crippen molar-refractivity contribution in [2.75, 3.05) is 45.3 Å². The molecule has 0 saturated carbocycles. The number of ether oxygens (including phenoxy) is 2. The first kappa shape index (κ1) is 25.9. The van der Waals surface area contributed by atoms with Crippen molar-refractivity contribution in [1.82, 2.24) is 9.80 Å². The van der Waals surface area contributed by atoms with Gasteiger partial charge in [-0.1, -0.05) is 42.5 Å². The van der Waals surface area contributed by atoms with Gasteiger partial charge in [-0.3, -0.25) is 19.5 Å². The first-order valence-electron chi connectivity index (χ1n) is 13.4. The first-order chi connectivity index (χ1) is 19.5. The van der Waals surface area contributed by atoms with E-state index >= 15 is 0 Å². The fourth-order valence-electron chi connectivity index (χ4n) is 5.50. The summed E-state index contributed by atoms with van der Waals surface area (Å²) in [6.45, 7) is 4.38. The molecule has 3 aromatic carbocycles. The third-order valence-electron chi connectivity index (χ3n) is 7.63. The number of nitrogens with zero attached hydrogens (tertiary/aromatic N) is 3. The SMILES string of the molecule is COC(=O)c1ccc2c(c1)NC(=O)C2C(=Nc1ccc2c(c1)CN(C(=O)CN1CCOCC1)C2)c1ccccc1. The van der Waals surface area contributed by atoms with Crippen molar-refractivity contribution < 1.29 is 23.9 Å². The van der Waals surface area contributed by atoms with Crippen LogP contribution in [0.3, 0.4) is 0 Å². The van der Waals surface area contributed by atoms with E-state index in [1.807, 2.05) is 53.4 Å². The van der Waals surface area contributed by atoms with Crippen LogP contribution in [0.15, 0.2) is 71.7 Å². The average molecular weight is 539 g/mol. The Morgan fingerprint density at radius 1 is 0.975 bits per heavy atom. The third kappa shape index (κ3) is 5.13. The van der Waals surface area contributed by atoms with E-state index in [1.54, 1.807) is 18.2 Å². The number of hydrogen-bond donors (Lipinski definition) is 1. The lowest BCUT2D eigenvalue weighted by Gasteiger charge is -2.27. The molecule has 40 heavy (non-hydrogen) atoms. The van der Waals surface area contributed by atoms with Crippen molar-refractivity contribution in [3.8, 4) is 0 Å². The zero-order valence-electron chi connectivity index (χ0n) is 22.3. The molecule has 1 atom stereocenters. The predicted molar refractivity (Wildman–Crippen MR) is 150 cm³/mol. The highest BCUT2D eigenvalue weighted by Crippen LogP contribution is 2.37. The number of rotatable bonds is 6. The van der Waals surface area contributed by atoms with Crippen LogP contribution in [0.5, 0.6) is 0 Å². The first-order valence-corrected chi connectivity index (χ1v) is 13.4. The lowest BCUT2D eigenvalue weighted by atomic mass is 9.90. The number of anilines is 1. The molecule has 204 valence electrons. The molecular formula is C31H30N4O5. The van der Waals surface area contributed by atoms with E-state index in [0.717, 1.165) is 35.3 Å². The van der Waals surface area contributed by atoms with Crippen molar-refractivity contribution in [2.24, 2.45) is 4.99 Å². The number of benzene rings is 3. The quantitative estimate of drug-likeness (QED) is 0.381. The van der Waals surface area contributed by atoms with Gasteiger partial charge in [0.1, 0.15) is 5.92 Å². The Morgan fingerprint density at radius 2 is 1.75 bits per heavy atom. The Labute approximate surface area is 232 Å². The van der Waals surface area contributed by atoms with E-state index in [2.05, 4.69) is 10.2 Å². The summed E-state index contributed by atoms with van der Waals surface area (Å²) in [7, 11) is 1.33. The zero-order chi connectivity index (χ0) is 27.6. The van der Waals surface area contributed by atoms with Gasteiger partial charge in [0.05, 0.1) is 43.8 Å². The van der Waals surface area contributed by atoms with Crippen molar-refractivity contribution >= 4 is 34.9 Å². The van der Waals surface area contributed by atoms with Gasteiger partial charge in [0.2, 0.25) is 11.8 Å². The molecule has 0 aliphatic carbocycles.